The van der Waals surface area contributed by atoms with Crippen molar-refractivity contribution >= 4 is 0 Å². The maximum absolute atomic E-state index is 5.05. The number of ether oxygens (including phenoxy) is 1. The van der Waals surface area contributed by atoms with E-state index < -0.39 is 0 Å². The maximum atomic E-state index is 5.05. The van der Waals surface area contributed by atoms with Gasteiger partial charge >= 0.3 is 0 Å². The monoisotopic (exact) mass is 257 g/mol. The third-order valence-electron chi connectivity index (χ3n) is 3.81. The molecule has 1 N–H and O–H groups in total. The molecule has 0 radical (unpaired) electrons. The average Bonchev–Trinajstić information content (AvgIpc) is 2.49. The van der Waals surface area contributed by atoms with Crippen molar-refractivity contribution in [1.82, 2.24) is 15.1 Å². The van der Waals surface area contributed by atoms with Crippen LogP contribution in [0.1, 0.15) is 26.7 Å². The number of nitrogens with zero attached hydrogens (tertiary/aromatic N) is 2. The second kappa shape index (κ2) is 8.86. The van der Waals surface area contributed by atoms with E-state index in [0.29, 0.717) is 12.1 Å². The Labute approximate surface area is 113 Å². The Morgan fingerprint density at radius 3 is 2.89 bits per heavy atom. The van der Waals surface area contributed by atoms with Gasteiger partial charge in [-0.15, -0.1) is 0 Å². The van der Waals surface area contributed by atoms with Gasteiger partial charge in [0.1, 0.15) is 0 Å². The molecule has 1 aliphatic rings. The highest BCUT2D eigenvalue weighted by molar-refractivity contribution is 4.80. The molecule has 4 heteroatoms. The summed E-state index contributed by atoms with van der Waals surface area (Å²) in [6, 6.07) is 1.28. The van der Waals surface area contributed by atoms with Gasteiger partial charge in [-0.2, -0.15) is 0 Å². The summed E-state index contributed by atoms with van der Waals surface area (Å²) in [6.07, 6.45) is 2.39. The van der Waals surface area contributed by atoms with Crippen LogP contribution in [0.5, 0.6) is 0 Å². The second-order valence-corrected chi connectivity index (χ2v) is 5.60. The van der Waals surface area contributed by atoms with Gasteiger partial charge in [0, 0.05) is 45.4 Å². The first-order valence-electron chi connectivity index (χ1n) is 7.29. The summed E-state index contributed by atoms with van der Waals surface area (Å²) >= 11 is 0. The molecule has 0 bridgehead atoms. The van der Waals surface area contributed by atoms with Gasteiger partial charge in [0.2, 0.25) is 0 Å². The van der Waals surface area contributed by atoms with Gasteiger partial charge in [-0.3, -0.25) is 4.90 Å². The number of likely N-dealkylation sites (N-methyl/N-ethyl adjacent to an activating group) is 1. The van der Waals surface area contributed by atoms with Crippen molar-refractivity contribution in [3.05, 3.63) is 0 Å². The van der Waals surface area contributed by atoms with E-state index in [1.807, 2.05) is 0 Å². The molecular weight excluding hydrogens is 226 g/mol. The van der Waals surface area contributed by atoms with E-state index in [1.165, 1.54) is 26.1 Å². The normalized spacial score (nSPS) is 25.0. The fourth-order valence-corrected chi connectivity index (χ4v) is 2.82. The minimum absolute atomic E-state index is 0.619. The zero-order chi connectivity index (χ0) is 13.4. The lowest BCUT2D eigenvalue weighted by Gasteiger charge is -2.33. The Balaban J connectivity index is 2.24. The Morgan fingerprint density at radius 2 is 2.17 bits per heavy atom. The lowest BCUT2D eigenvalue weighted by molar-refractivity contribution is 0.148. The average molecular weight is 257 g/mol. The van der Waals surface area contributed by atoms with Crippen LogP contribution in [0.3, 0.4) is 0 Å². The van der Waals surface area contributed by atoms with Crippen LogP contribution in [0.2, 0.25) is 0 Å². The molecule has 18 heavy (non-hydrogen) atoms. The first kappa shape index (κ1) is 15.9. The van der Waals surface area contributed by atoms with E-state index in [-0.39, 0.29) is 0 Å². The SMILES string of the molecule is COCCCNCC(C)N1CCCN(C)CC1C. The Kier molecular flexibility index (Phi) is 7.82. The van der Waals surface area contributed by atoms with E-state index in [9.17, 15) is 0 Å². The lowest BCUT2D eigenvalue weighted by atomic mass is 10.2. The third kappa shape index (κ3) is 5.65. The molecule has 0 aromatic rings. The first-order valence-corrected chi connectivity index (χ1v) is 7.29. The van der Waals surface area contributed by atoms with Crippen molar-refractivity contribution in [1.29, 1.82) is 0 Å². The van der Waals surface area contributed by atoms with E-state index in [0.717, 1.165) is 26.1 Å². The summed E-state index contributed by atoms with van der Waals surface area (Å²) < 4.78 is 5.05. The molecule has 0 aromatic heterocycles. The van der Waals surface area contributed by atoms with Gasteiger partial charge < -0.3 is 15.0 Å². The van der Waals surface area contributed by atoms with Crippen molar-refractivity contribution in [2.75, 3.05) is 53.5 Å². The predicted octanol–water partition coefficient (Wildman–Crippen LogP) is 1.03. The summed E-state index contributed by atoms with van der Waals surface area (Å²) in [7, 11) is 3.99. The van der Waals surface area contributed by atoms with Crippen LogP contribution in [0.4, 0.5) is 0 Å². The number of rotatable bonds is 7. The van der Waals surface area contributed by atoms with Crippen molar-refractivity contribution < 1.29 is 4.74 Å². The van der Waals surface area contributed by atoms with Gasteiger partial charge in [-0.05, 0) is 46.8 Å². The highest BCUT2D eigenvalue weighted by Crippen LogP contribution is 2.11. The van der Waals surface area contributed by atoms with Gasteiger partial charge in [-0.25, -0.2) is 0 Å². The molecule has 1 saturated heterocycles. The molecule has 0 amide bonds. The summed E-state index contributed by atoms with van der Waals surface area (Å²) in [5.74, 6) is 0. The Morgan fingerprint density at radius 1 is 1.39 bits per heavy atom. The quantitative estimate of drug-likeness (QED) is 0.689. The third-order valence-corrected chi connectivity index (χ3v) is 3.81. The molecule has 1 heterocycles. The standard InChI is InChI=1S/C14H31N3O/c1-13(11-15-7-5-10-18-4)17-9-6-8-16(3)12-14(17)2/h13-15H,5-12H2,1-4H3. The van der Waals surface area contributed by atoms with Crippen LogP contribution in [0.15, 0.2) is 0 Å². The zero-order valence-corrected chi connectivity index (χ0v) is 12.6. The smallest absolute Gasteiger partial charge is 0.0474 e. The van der Waals surface area contributed by atoms with Crippen LogP contribution < -0.4 is 5.32 Å². The Bertz CT molecular complexity index is 213. The Hall–Kier alpha value is -0.160. The second-order valence-electron chi connectivity index (χ2n) is 5.60. The molecule has 1 aliphatic heterocycles. The molecule has 1 fully saturated rings. The van der Waals surface area contributed by atoms with Crippen LogP contribution in [0.25, 0.3) is 0 Å². The molecule has 0 aliphatic carbocycles. The molecular formula is C14H31N3O. The van der Waals surface area contributed by atoms with Crippen molar-refractivity contribution in [2.45, 2.75) is 38.8 Å². The fourth-order valence-electron chi connectivity index (χ4n) is 2.82. The van der Waals surface area contributed by atoms with Crippen LogP contribution in [0, 0.1) is 0 Å². The van der Waals surface area contributed by atoms with Crippen LogP contribution in [-0.2, 0) is 4.74 Å². The number of hydrogen-bond donors (Lipinski definition) is 1. The van der Waals surface area contributed by atoms with E-state index in [2.05, 4.69) is 36.0 Å². The number of nitrogens with one attached hydrogen (secondary N) is 1. The number of methoxy groups -OCH3 is 1. The molecule has 0 saturated carbocycles. The summed E-state index contributed by atoms with van der Waals surface area (Å²) in [5, 5.41) is 3.53. The maximum Gasteiger partial charge on any atom is 0.0474 e. The summed E-state index contributed by atoms with van der Waals surface area (Å²) in [5.41, 5.74) is 0. The highest BCUT2D eigenvalue weighted by Gasteiger charge is 2.23. The van der Waals surface area contributed by atoms with E-state index >= 15 is 0 Å². The van der Waals surface area contributed by atoms with Crippen LogP contribution >= 0.6 is 0 Å². The van der Waals surface area contributed by atoms with Gasteiger partial charge in [0.25, 0.3) is 0 Å². The fraction of sp³-hybridized carbons (Fsp3) is 1.00. The molecule has 108 valence electrons. The van der Waals surface area contributed by atoms with Crippen molar-refractivity contribution in [3.8, 4) is 0 Å². The zero-order valence-electron chi connectivity index (χ0n) is 12.6. The topological polar surface area (TPSA) is 27.7 Å². The van der Waals surface area contributed by atoms with Gasteiger partial charge in [0.15, 0.2) is 0 Å². The summed E-state index contributed by atoms with van der Waals surface area (Å²) in [4.78, 5) is 5.09. The van der Waals surface area contributed by atoms with Crippen molar-refractivity contribution in [3.63, 3.8) is 0 Å². The minimum Gasteiger partial charge on any atom is -0.385 e. The van der Waals surface area contributed by atoms with Gasteiger partial charge in [0.05, 0.1) is 0 Å². The largest absolute Gasteiger partial charge is 0.385 e. The molecule has 2 atom stereocenters. The molecule has 1 rings (SSSR count). The number of hydrogen-bond acceptors (Lipinski definition) is 4. The predicted molar refractivity (Wildman–Crippen MR) is 77.1 cm³/mol. The highest BCUT2D eigenvalue weighted by atomic mass is 16.5. The summed E-state index contributed by atoms with van der Waals surface area (Å²) in [6.45, 7) is 11.3. The molecule has 4 nitrogen and oxygen atoms in total. The molecule has 0 spiro atoms. The lowest BCUT2D eigenvalue weighted by Crippen LogP contribution is -2.47. The minimum atomic E-state index is 0.619. The molecule has 2 unspecified atom stereocenters. The van der Waals surface area contributed by atoms with Crippen molar-refractivity contribution in [2.24, 2.45) is 0 Å². The van der Waals surface area contributed by atoms with Crippen LogP contribution in [-0.4, -0.2) is 75.4 Å². The van der Waals surface area contributed by atoms with E-state index in [4.69, 9.17) is 4.74 Å². The van der Waals surface area contributed by atoms with E-state index in [1.54, 1.807) is 7.11 Å². The van der Waals surface area contributed by atoms with Gasteiger partial charge in [-0.1, -0.05) is 0 Å². The molecule has 0 aromatic carbocycles. The first-order chi connectivity index (χ1) is 8.65.